The third-order valence-corrected chi connectivity index (χ3v) is 3.99. The zero-order valence-electron chi connectivity index (χ0n) is 13.2. The summed E-state index contributed by atoms with van der Waals surface area (Å²) in [5, 5.41) is 39.0. The number of hydrogen-bond acceptors (Lipinski definition) is 9. The van der Waals surface area contributed by atoms with Crippen molar-refractivity contribution in [3.05, 3.63) is 34.5 Å². The van der Waals surface area contributed by atoms with Gasteiger partial charge < -0.3 is 39.1 Å². The Morgan fingerprint density at radius 3 is 2.60 bits per heavy atom. The zero-order valence-corrected chi connectivity index (χ0v) is 13.2. The average Bonchev–Trinajstić information content (AvgIpc) is 2.61. The fourth-order valence-corrected chi connectivity index (χ4v) is 2.64. The standard InChI is InChI=1S/C16H18O9/c1-22-11-5-7(18)12-8(23-11)3-2-4-9(12)24-16-15(21)14(20)13(19)10(6-17)25-16/h2-5,10,13-17,19-21H,6H2,1H3/t10-,13-,14+,15-,16?/m1/s1. The Bertz CT molecular complexity index is 800. The summed E-state index contributed by atoms with van der Waals surface area (Å²) in [4.78, 5) is 12.3. The van der Waals surface area contributed by atoms with Gasteiger partial charge >= 0.3 is 0 Å². The summed E-state index contributed by atoms with van der Waals surface area (Å²) in [5.41, 5.74) is -0.232. The van der Waals surface area contributed by atoms with Gasteiger partial charge in [0.1, 0.15) is 41.1 Å². The van der Waals surface area contributed by atoms with E-state index in [1.165, 1.54) is 13.2 Å². The molecule has 0 radical (unpaired) electrons. The van der Waals surface area contributed by atoms with E-state index in [1.807, 2.05) is 0 Å². The first kappa shape index (κ1) is 17.6. The molecule has 5 atom stereocenters. The largest absolute Gasteiger partial charge is 0.468 e. The normalized spacial score (nSPS) is 29.6. The van der Waals surface area contributed by atoms with Crippen LogP contribution in [-0.2, 0) is 4.74 Å². The SMILES string of the molecule is COc1cc(=O)c2c(OC3O[C@H](CO)[C@@H](O)[C@H](O)[C@H]3O)cccc2o1. The highest BCUT2D eigenvalue weighted by Gasteiger charge is 2.44. The monoisotopic (exact) mass is 354 g/mol. The molecule has 0 spiro atoms. The second-order valence-corrected chi connectivity index (χ2v) is 5.58. The number of methoxy groups -OCH3 is 1. The number of ether oxygens (including phenoxy) is 3. The number of aliphatic hydroxyl groups is 4. The molecule has 1 aromatic heterocycles. The van der Waals surface area contributed by atoms with Crippen LogP contribution in [0.2, 0.25) is 0 Å². The maximum atomic E-state index is 12.3. The minimum Gasteiger partial charge on any atom is -0.468 e. The van der Waals surface area contributed by atoms with Crippen molar-refractivity contribution in [1.82, 2.24) is 0 Å². The van der Waals surface area contributed by atoms with Crippen LogP contribution >= 0.6 is 0 Å². The number of benzene rings is 1. The molecule has 0 aliphatic carbocycles. The first-order valence-electron chi connectivity index (χ1n) is 7.54. The van der Waals surface area contributed by atoms with Gasteiger partial charge in [0.25, 0.3) is 5.95 Å². The Hall–Kier alpha value is -2.17. The van der Waals surface area contributed by atoms with E-state index in [9.17, 15) is 25.2 Å². The predicted octanol–water partition coefficient (Wildman–Crippen LogP) is -1.02. The molecule has 1 aromatic carbocycles. The van der Waals surface area contributed by atoms with Crippen LogP contribution in [0.5, 0.6) is 11.7 Å². The van der Waals surface area contributed by atoms with Crippen LogP contribution < -0.4 is 14.9 Å². The Kier molecular flexibility index (Phi) is 4.93. The van der Waals surface area contributed by atoms with Crippen molar-refractivity contribution in [2.24, 2.45) is 0 Å². The topological polar surface area (TPSA) is 139 Å². The molecule has 1 aliphatic heterocycles. The first-order valence-corrected chi connectivity index (χ1v) is 7.54. The summed E-state index contributed by atoms with van der Waals surface area (Å²) in [5.74, 6) is 0.0840. The molecule has 3 rings (SSSR count). The second kappa shape index (κ2) is 6.98. The molecule has 9 nitrogen and oxygen atoms in total. The van der Waals surface area contributed by atoms with Crippen molar-refractivity contribution in [3.63, 3.8) is 0 Å². The van der Waals surface area contributed by atoms with Crippen molar-refractivity contribution in [2.75, 3.05) is 13.7 Å². The highest BCUT2D eigenvalue weighted by Crippen LogP contribution is 2.29. The molecule has 1 aliphatic rings. The molecule has 1 unspecified atom stereocenters. The quantitative estimate of drug-likeness (QED) is 0.543. The third-order valence-electron chi connectivity index (χ3n) is 3.99. The van der Waals surface area contributed by atoms with Gasteiger partial charge in [-0.1, -0.05) is 6.07 Å². The zero-order chi connectivity index (χ0) is 18.1. The molecular formula is C16H18O9. The van der Waals surface area contributed by atoms with Gasteiger partial charge in [-0.15, -0.1) is 0 Å². The van der Waals surface area contributed by atoms with E-state index in [-0.39, 0.29) is 22.7 Å². The lowest BCUT2D eigenvalue weighted by Crippen LogP contribution is -2.60. The van der Waals surface area contributed by atoms with E-state index in [0.717, 1.165) is 6.07 Å². The summed E-state index contributed by atoms with van der Waals surface area (Å²) < 4.78 is 21.1. The van der Waals surface area contributed by atoms with Crippen LogP contribution in [0.1, 0.15) is 0 Å². The van der Waals surface area contributed by atoms with Crippen molar-refractivity contribution >= 4 is 11.0 Å². The van der Waals surface area contributed by atoms with E-state index in [4.69, 9.17) is 18.6 Å². The molecule has 0 saturated carbocycles. The molecule has 0 amide bonds. The number of hydrogen-bond donors (Lipinski definition) is 4. The van der Waals surface area contributed by atoms with Gasteiger partial charge in [0.15, 0.2) is 5.43 Å². The summed E-state index contributed by atoms with van der Waals surface area (Å²) in [7, 11) is 1.36. The molecule has 25 heavy (non-hydrogen) atoms. The smallest absolute Gasteiger partial charge is 0.288 e. The average molecular weight is 354 g/mol. The minimum atomic E-state index is -1.58. The van der Waals surface area contributed by atoms with Gasteiger partial charge in [0.2, 0.25) is 6.29 Å². The van der Waals surface area contributed by atoms with Gasteiger partial charge in [-0.3, -0.25) is 4.79 Å². The van der Waals surface area contributed by atoms with Crippen LogP contribution in [-0.4, -0.2) is 64.8 Å². The van der Waals surface area contributed by atoms with Crippen LogP contribution in [0.4, 0.5) is 0 Å². The number of rotatable bonds is 4. The molecule has 2 heterocycles. The molecule has 0 bridgehead atoms. The fraction of sp³-hybridized carbons (Fsp3) is 0.438. The maximum Gasteiger partial charge on any atom is 0.288 e. The Balaban J connectivity index is 1.96. The second-order valence-electron chi connectivity index (χ2n) is 5.58. The Morgan fingerprint density at radius 2 is 1.92 bits per heavy atom. The first-order chi connectivity index (χ1) is 12.0. The van der Waals surface area contributed by atoms with Crippen LogP contribution in [0.25, 0.3) is 11.0 Å². The molecule has 1 fully saturated rings. The number of fused-ring (bicyclic) bond motifs is 1. The van der Waals surface area contributed by atoms with Gasteiger partial charge in [0, 0.05) is 0 Å². The lowest BCUT2D eigenvalue weighted by Gasteiger charge is -2.39. The van der Waals surface area contributed by atoms with Gasteiger partial charge in [-0.25, -0.2) is 0 Å². The molecule has 136 valence electrons. The number of aliphatic hydroxyl groups excluding tert-OH is 4. The Labute approximate surface area is 141 Å². The van der Waals surface area contributed by atoms with E-state index in [2.05, 4.69) is 0 Å². The molecule has 9 heteroatoms. The van der Waals surface area contributed by atoms with Crippen LogP contribution in [0.3, 0.4) is 0 Å². The third kappa shape index (κ3) is 3.20. The van der Waals surface area contributed by atoms with Crippen molar-refractivity contribution in [1.29, 1.82) is 0 Å². The predicted molar refractivity (Wildman–Crippen MR) is 83.4 cm³/mol. The summed E-state index contributed by atoms with van der Waals surface area (Å²) in [6.45, 7) is -0.584. The Morgan fingerprint density at radius 1 is 1.16 bits per heavy atom. The van der Waals surface area contributed by atoms with E-state index in [1.54, 1.807) is 12.1 Å². The van der Waals surface area contributed by atoms with Crippen LogP contribution in [0.15, 0.2) is 33.5 Å². The minimum absolute atomic E-state index is 0.0301. The molecule has 2 aromatic rings. The van der Waals surface area contributed by atoms with Gasteiger partial charge in [-0.05, 0) is 12.1 Å². The van der Waals surface area contributed by atoms with Crippen molar-refractivity contribution in [3.8, 4) is 11.7 Å². The van der Waals surface area contributed by atoms with E-state index >= 15 is 0 Å². The lowest BCUT2D eigenvalue weighted by molar-refractivity contribution is -0.277. The van der Waals surface area contributed by atoms with E-state index < -0.39 is 42.7 Å². The fourth-order valence-electron chi connectivity index (χ4n) is 2.64. The summed E-state index contributed by atoms with van der Waals surface area (Å²) in [6, 6.07) is 5.71. The highest BCUT2D eigenvalue weighted by atomic mass is 16.7. The molecule has 1 saturated heterocycles. The lowest BCUT2D eigenvalue weighted by atomic mass is 9.99. The van der Waals surface area contributed by atoms with Crippen molar-refractivity contribution in [2.45, 2.75) is 30.7 Å². The highest BCUT2D eigenvalue weighted by molar-refractivity contribution is 5.83. The van der Waals surface area contributed by atoms with Crippen molar-refractivity contribution < 1.29 is 39.1 Å². The van der Waals surface area contributed by atoms with Gasteiger partial charge in [-0.2, -0.15) is 0 Å². The summed E-state index contributed by atoms with van der Waals surface area (Å²) >= 11 is 0. The van der Waals surface area contributed by atoms with E-state index in [0.29, 0.717) is 0 Å². The van der Waals surface area contributed by atoms with Crippen LogP contribution in [0, 0.1) is 0 Å². The summed E-state index contributed by atoms with van der Waals surface area (Å²) in [6.07, 6.45) is -7.18. The molecular weight excluding hydrogens is 336 g/mol. The van der Waals surface area contributed by atoms with Gasteiger partial charge in [0.05, 0.1) is 19.8 Å². The maximum absolute atomic E-state index is 12.3. The molecule has 4 N–H and O–H groups in total.